The molecule has 2 aromatic heterocycles. The van der Waals surface area contributed by atoms with Gasteiger partial charge >= 0.3 is 6.09 Å². The van der Waals surface area contributed by atoms with Crippen molar-refractivity contribution in [1.82, 2.24) is 19.7 Å². The predicted molar refractivity (Wildman–Crippen MR) is 185 cm³/mol. The third-order valence-corrected chi connectivity index (χ3v) is 10.8. The zero-order valence-electron chi connectivity index (χ0n) is 28.9. The molecular formula is C38H51N5O5. The Hall–Kier alpha value is -3.92. The zero-order valence-corrected chi connectivity index (χ0v) is 28.9. The number of nitrogens with zero attached hydrogens (tertiary/aromatic N) is 5. The summed E-state index contributed by atoms with van der Waals surface area (Å²) in [6, 6.07) is 10.7. The van der Waals surface area contributed by atoms with E-state index in [0.717, 1.165) is 54.5 Å². The van der Waals surface area contributed by atoms with Gasteiger partial charge in [-0.1, -0.05) is 12.1 Å². The van der Waals surface area contributed by atoms with Gasteiger partial charge in [0.25, 0.3) is 0 Å². The monoisotopic (exact) mass is 657 g/mol. The summed E-state index contributed by atoms with van der Waals surface area (Å²) in [6.45, 7) is 7.53. The fourth-order valence-corrected chi connectivity index (χ4v) is 7.63. The van der Waals surface area contributed by atoms with Gasteiger partial charge in [-0.2, -0.15) is 5.10 Å². The standard InChI is InChI=1S/C38H51N5O5/c1-25(2)43-23-32(21-40-43)31-15-17-39-36(20-31)42(22-27-5-7-28(8-6-27)30-11-14-35(47-4)26(3)19-30)37(45)29-9-12-34(13-10-29)48-38(46)41-18-16-33(41)24-44/h11,14-15,17,19-21,23,25,27-29,33-34,44H,5-10,12-13,16,18,22,24H2,1-4H3/t27?,28?,29?,33-,34?/m1/s1. The third-order valence-electron chi connectivity index (χ3n) is 10.8. The van der Waals surface area contributed by atoms with E-state index in [1.165, 1.54) is 5.56 Å². The molecule has 2 saturated carbocycles. The summed E-state index contributed by atoms with van der Waals surface area (Å²) in [4.78, 5) is 35.3. The largest absolute Gasteiger partial charge is 0.496 e. The number of aryl methyl sites for hydroxylation is 1. The van der Waals surface area contributed by atoms with Gasteiger partial charge in [0.15, 0.2) is 0 Å². The van der Waals surface area contributed by atoms with Crippen molar-refractivity contribution in [3.63, 3.8) is 0 Å². The smallest absolute Gasteiger partial charge is 0.410 e. The molecule has 3 fully saturated rings. The molecule has 0 spiro atoms. The lowest BCUT2D eigenvalue weighted by atomic mass is 9.78. The summed E-state index contributed by atoms with van der Waals surface area (Å²) < 4.78 is 13.2. The van der Waals surface area contributed by atoms with E-state index in [1.807, 2.05) is 34.1 Å². The van der Waals surface area contributed by atoms with E-state index in [9.17, 15) is 14.7 Å². The fourth-order valence-electron chi connectivity index (χ4n) is 7.63. The summed E-state index contributed by atoms with van der Waals surface area (Å²) in [5.74, 6) is 2.46. The van der Waals surface area contributed by atoms with Crippen molar-refractivity contribution >= 4 is 17.8 Å². The molecule has 0 bridgehead atoms. The first-order chi connectivity index (χ1) is 23.2. The lowest BCUT2D eigenvalue weighted by Gasteiger charge is -2.40. The Bertz CT molecular complexity index is 1550. The van der Waals surface area contributed by atoms with Gasteiger partial charge in [-0.3, -0.25) is 14.4 Å². The highest BCUT2D eigenvalue weighted by molar-refractivity contribution is 5.94. The van der Waals surface area contributed by atoms with Crippen molar-refractivity contribution in [2.45, 2.75) is 103 Å². The van der Waals surface area contributed by atoms with Crippen LogP contribution in [0.1, 0.15) is 94.7 Å². The molecular weight excluding hydrogens is 606 g/mol. The topological polar surface area (TPSA) is 110 Å². The number of carbonyl (C=O) groups is 2. The van der Waals surface area contributed by atoms with Gasteiger partial charge in [0.05, 0.1) is 26.0 Å². The van der Waals surface area contributed by atoms with Crippen LogP contribution < -0.4 is 9.64 Å². The Kier molecular flexibility index (Phi) is 10.7. The number of benzene rings is 1. The molecule has 3 heterocycles. The maximum absolute atomic E-state index is 14.4. The summed E-state index contributed by atoms with van der Waals surface area (Å²) in [5, 5.41) is 14.0. The van der Waals surface area contributed by atoms with Crippen LogP contribution in [-0.4, -0.2) is 75.7 Å². The van der Waals surface area contributed by atoms with E-state index in [0.29, 0.717) is 56.4 Å². The van der Waals surface area contributed by atoms with Gasteiger partial charge in [-0.15, -0.1) is 0 Å². The Balaban J connectivity index is 1.15. The van der Waals surface area contributed by atoms with Crippen LogP contribution in [0.4, 0.5) is 10.6 Å². The number of methoxy groups -OCH3 is 1. The summed E-state index contributed by atoms with van der Waals surface area (Å²) in [7, 11) is 1.71. The van der Waals surface area contributed by atoms with E-state index in [4.69, 9.17) is 14.5 Å². The van der Waals surface area contributed by atoms with Crippen molar-refractivity contribution in [2.24, 2.45) is 11.8 Å². The van der Waals surface area contributed by atoms with Gasteiger partial charge in [-0.05, 0) is 125 Å². The second kappa shape index (κ2) is 15.1. The summed E-state index contributed by atoms with van der Waals surface area (Å²) in [6.07, 6.45) is 12.9. The quantitative estimate of drug-likeness (QED) is 0.252. The molecule has 1 aromatic carbocycles. The van der Waals surface area contributed by atoms with Gasteiger partial charge in [0, 0.05) is 43.0 Å². The highest BCUT2D eigenvalue weighted by Crippen LogP contribution is 2.39. The Labute approximate surface area is 284 Å². The lowest BCUT2D eigenvalue weighted by molar-refractivity contribution is -0.124. The number of aliphatic hydroxyl groups is 1. The van der Waals surface area contributed by atoms with Crippen LogP contribution in [-0.2, 0) is 9.53 Å². The van der Waals surface area contributed by atoms with Gasteiger partial charge in [0.2, 0.25) is 5.91 Å². The van der Waals surface area contributed by atoms with Crippen molar-refractivity contribution < 1.29 is 24.2 Å². The van der Waals surface area contributed by atoms with Crippen LogP contribution in [0.2, 0.25) is 0 Å². The first kappa shape index (κ1) is 34.0. The predicted octanol–water partition coefficient (Wildman–Crippen LogP) is 6.91. The fraction of sp³-hybridized carbons (Fsp3) is 0.579. The molecule has 258 valence electrons. The molecule has 2 amide bonds. The van der Waals surface area contributed by atoms with Crippen LogP contribution in [0.15, 0.2) is 48.9 Å². The van der Waals surface area contributed by atoms with Crippen molar-refractivity contribution in [3.8, 4) is 16.9 Å². The van der Waals surface area contributed by atoms with E-state index in [1.54, 1.807) is 18.2 Å². The molecule has 0 unspecified atom stereocenters. The van der Waals surface area contributed by atoms with Crippen molar-refractivity contribution in [1.29, 1.82) is 0 Å². The molecule has 10 nitrogen and oxygen atoms in total. The molecule has 1 atom stereocenters. The molecule has 3 aliphatic rings. The highest BCUT2D eigenvalue weighted by Gasteiger charge is 2.37. The zero-order chi connectivity index (χ0) is 33.8. The Morgan fingerprint density at radius 2 is 1.77 bits per heavy atom. The molecule has 1 N–H and O–H groups in total. The number of ether oxygens (including phenoxy) is 2. The molecule has 6 rings (SSSR count). The average Bonchev–Trinajstić information content (AvgIpc) is 3.59. The van der Waals surface area contributed by atoms with E-state index in [2.05, 4.69) is 44.1 Å². The number of pyridine rings is 1. The number of carbonyl (C=O) groups excluding carboxylic acids is 2. The maximum atomic E-state index is 14.4. The number of amides is 2. The number of aromatic nitrogens is 3. The first-order valence-electron chi connectivity index (χ1n) is 17.8. The lowest BCUT2D eigenvalue weighted by Crippen LogP contribution is -2.53. The van der Waals surface area contributed by atoms with Crippen LogP contribution in [0.25, 0.3) is 11.1 Å². The van der Waals surface area contributed by atoms with Gasteiger partial charge in [-0.25, -0.2) is 9.78 Å². The van der Waals surface area contributed by atoms with Crippen LogP contribution >= 0.6 is 0 Å². The minimum Gasteiger partial charge on any atom is -0.496 e. The number of hydrogen-bond acceptors (Lipinski definition) is 7. The van der Waals surface area contributed by atoms with Crippen LogP contribution in [0.3, 0.4) is 0 Å². The number of anilines is 1. The second-order valence-corrected chi connectivity index (χ2v) is 14.3. The highest BCUT2D eigenvalue weighted by atomic mass is 16.6. The van der Waals surface area contributed by atoms with Gasteiger partial charge in [0.1, 0.15) is 17.7 Å². The number of likely N-dealkylation sites (tertiary alicyclic amines) is 1. The van der Waals surface area contributed by atoms with Crippen LogP contribution in [0.5, 0.6) is 5.75 Å². The molecule has 48 heavy (non-hydrogen) atoms. The number of aliphatic hydroxyl groups excluding tert-OH is 1. The Morgan fingerprint density at radius 3 is 2.40 bits per heavy atom. The second-order valence-electron chi connectivity index (χ2n) is 14.3. The first-order valence-corrected chi connectivity index (χ1v) is 17.8. The molecule has 10 heteroatoms. The van der Waals surface area contributed by atoms with E-state index >= 15 is 0 Å². The SMILES string of the molecule is COc1ccc(C2CCC(CN(C(=O)C3CCC(OC(=O)N4CC[C@@H]4CO)CC3)c3cc(-c4cnn(C(C)C)c4)ccn3)CC2)cc1C. The Morgan fingerprint density at radius 1 is 1.00 bits per heavy atom. The molecule has 0 radical (unpaired) electrons. The van der Waals surface area contributed by atoms with Crippen molar-refractivity contribution in [3.05, 3.63) is 60.0 Å². The molecule has 2 aliphatic carbocycles. The number of rotatable bonds is 10. The minimum atomic E-state index is -0.348. The van der Waals surface area contributed by atoms with Crippen LogP contribution in [0, 0.1) is 18.8 Å². The normalized spacial score (nSPS) is 24.2. The average molecular weight is 658 g/mol. The van der Waals surface area contributed by atoms with Crippen molar-refractivity contribution in [2.75, 3.05) is 31.7 Å². The third kappa shape index (κ3) is 7.53. The number of hydrogen-bond donors (Lipinski definition) is 1. The summed E-state index contributed by atoms with van der Waals surface area (Å²) in [5.41, 5.74) is 4.53. The van der Waals surface area contributed by atoms with Gasteiger partial charge < -0.3 is 19.5 Å². The molecule has 1 aliphatic heterocycles. The minimum absolute atomic E-state index is 0.0374. The summed E-state index contributed by atoms with van der Waals surface area (Å²) >= 11 is 0. The van der Waals surface area contributed by atoms with E-state index in [-0.39, 0.29) is 42.7 Å². The van der Waals surface area contributed by atoms with E-state index < -0.39 is 0 Å². The maximum Gasteiger partial charge on any atom is 0.410 e. The molecule has 3 aromatic rings. The molecule has 1 saturated heterocycles.